The Kier molecular flexibility index (Phi) is 5.46. The third kappa shape index (κ3) is 4.34. The molecule has 0 radical (unpaired) electrons. The molecule has 2 bridgehead atoms. The first-order chi connectivity index (χ1) is 15.0. The Bertz CT molecular complexity index is 1090. The Labute approximate surface area is 181 Å². The van der Waals surface area contributed by atoms with Gasteiger partial charge in [-0.15, -0.1) is 0 Å². The molecule has 2 aliphatic rings. The number of H-pyrrole nitrogens is 1. The van der Waals surface area contributed by atoms with Gasteiger partial charge in [0, 0.05) is 68.3 Å². The van der Waals surface area contributed by atoms with Gasteiger partial charge in [-0.05, 0) is 43.1 Å². The van der Waals surface area contributed by atoms with Crippen LogP contribution in [-0.4, -0.2) is 44.5 Å². The standard InChI is InChI=1S/C24H28FN5O/c1-28(10-17-2-5-21(25)6-3-17)13-19-4-7-23-20-8-18(12-30(23)24(19)31)11-29(14-20)15-22-9-26-16-27-22/h2-7,9,16,18,20H,8,10-15H2,1H3,(H,26,27)/t18-,20+/m0/s1. The Balaban J connectivity index is 1.30. The van der Waals surface area contributed by atoms with E-state index in [1.54, 1.807) is 18.5 Å². The minimum atomic E-state index is -0.229. The Morgan fingerprint density at radius 1 is 1.13 bits per heavy atom. The molecule has 7 heteroatoms. The summed E-state index contributed by atoms with van der Waals surface area (Å²) >= 11 is 0. The molecule has 0 spiro atoms. The van der Waals surface area contributed by atoms with E-state index in [9.17, 15) is 9.18 Å². The van der Waals surface area contributed by atoms with Gasteiger partial charge >= 0.3 is 0 Å². The van der Waals surface area contributed by atoms with Gasteiger partial charge in [0.2, 0.25) is 0 Å². The van der Waals surface area contributed by atoms with E-state index in [1.165, 1.54) is 17.8 Å². The van der Waals surface area contributed by atoms with Gasteiger partial charge in [0.25, 0.3) is 5.56 Å². The molecule has 162 valence electrons. The topological polar surface area (TPSA) is 57.2 Å². The number of benzene rings is 1. The highest BCUT2D eigenvalue weighted by molar-refractivity contribution is 5.23. The van der Waals surface area contributed by atoms with E-state index in [4.69, 9.17) is 0 Å². The lowest BCUT2D eigenvalue weighted by atomic mass is 9.83. The van der Waals surface area contributed by atoms with E-state index in [1.807, 2.05) is 23.9 Å². The summed E-state index contributed by atoms with van der Waals surface area (Å²) in [6, 6.07) is 10.7. The summed E-state index contributed by atoms with van der Waals surface area (Å²) < 4.78 is 15.2. The first-order valence-corrected chi connectivity index (χ1v) is 10.9. The second-order valence-corrected chi connectivity index (χ2v) is 9.07. The van der Waals surface area contributed by atoms with Gasteiger partial charge in [-0.2, -0.15) is 0 Å². The van der Waals surface area contributed by atoms with Crippen LogP contribution in [0.5, 0.6) is 0 Å². The van der Waals surface area contributed by atoms with Crippen LogP contribution in [0.15, 0.2) is 53.7 Å². The number of imidazole rings is 1. The summed E-state index contributed by atoms with van der Waals surface area (Å²) in [6.07, 6.45) is 4.77. The van der Waals surface area contributed by atoms with Crippen LogP contribution < -0.4 is 5.56 Å². The van der Waals surface area contributed by atoms with Gasteiger partial charge in [0.15, 0.2) is 0 Å². The zero-order valence-electron chi connectivity index (χ0n) is 17.8. The fraction of sp³-hybridized carbons (Fsp3) is 0.417. The maximum Gasteiger partial charge on any atom is 0.255 e. The lowest BCUT2D eigenvalue weighted by molar-refractivity contribution is 0.113. The molecule has 6 nitrogen and oxygen atoms in total. The number of aromatic nitrogens is 3. The molecular weight excluding hydrogens is 393 g/mol. The number of aromatic amines is 1. The number of piperidine rings is 1. The second-order valence-electron chi connectivity index (χ2n) is 9.07. The number of fused-ring (bicyclic) bond motifs is 4. The third-order valence-electron chi connectivity index (χ3n) is 6.51. The van der Waals surface area contributed by atoms with Crippen molar-refractivity contribution < 1.29 is 4.39 Å². The molecule has 1 aromatic carbocycles. The van der Waals surface area contributed by atoms with Gasteiger partial charge in [-0.25, -0.2) is 9.37 Å². The molecule has 31 heavy (non-hydrogen) atoms. The van der Waals surface area contributed by atoms with Gasteiger partial charge < -0.3 is 9.55 Å². The summed E-state index contributed by atoms with van der Waals surface area (Å²) in [5.74, 6) is 0.668. The fourth-order valence-electron chi connectivity index (χ4n) is 5.20. The van der Waals surface area contributed by atoms with Crippen LogP contribution in [0.3, 0.4) is 0 Å². The quantitative estimate of drug-likeness (QED) is 0.665. The van der Waals surface area contributed by atoms with Crippen molar-refractivity contribution in [1.29, 1.82) is 0 Å². The lowest BCUT2D eigenvalue weighted by Crippen LogP contribution is -2.47. The summed E-state index contributed by atoms with van der Waals surface area (Å²) in [4.78, 5) is 25.2. The number of hydrogen-bond acceptors (Lipinski definition) is 4. The molecular formula is C24H28FN5O. The number of nitrogens with one attached hydrogen (secondary N) is 1. The predicted octanol–water partition coefficient (Wildman–Crippen LogP) is 2.96. The van der Waals surface area contributed by atoms with Crippen molar-refractivity contribution in [2.24, 2.45) is 5.92 Å². The number of nitrogens with zero attached hydrogens (tertiary/aromatic N) is 4. The highest BCUT2D eigenvalue weighted by atomic mass is 19.1. The molecule has 4 heterocycles. The van der Waals surface area contributed by atoms with Crippen molar-refractivity contribution >= 4 is 0 Å². The van der Waals surface area contributed by atoms with Crippen LogP contribution >= 0.6 is 0 Å². The van der Waals surface area contributed by atoms with E-state index in [-0.39, 0.29) is 11.4 Å². The summed E-state index contributed by atoms with van der Waals surface area (Å²) in [5.41, 5.74) is 4.30. The maximum absolute atomic E-state index is 13.3. The molecule has 2 aliphatic heterocycles. The molecule has 0 unspecified atom stereocenters. The van der Waals surface area contributed by atoms with E-state index in [0.717, 1.165) is 49.4 Å². The van der Waals surface area contributed by atoms with Crippen LogP contribution in [0.1, 0.15) is 34.9 Å². The van der Waals surface area contributed by atoms with E-state index < -0.39 is 0 Å². The number of rotatable bonds is 6. The average Bonchev–Trinajstić information content (AvgIpc) is 3.25. The summed E-state index contributed by atoms with van der Waals surface area (Å²) in [7, 11) is 2.00. The number of pyridine rings is 1. The number of hydrogen-bond donors (Lipinski definition) is 1. The molecule has 0 amide bonds. The first-order valence-electron chi connectivity index (χ1n) is 10.9. The van der Waals surface area contributed by atoms with Crippen LogP contribution in [0, 0.1) is 11.7 Å². The molecule has 1 N–H and O–H groups in total. The van der Waals surface area contributed by atoms with Gasteiger partial charge in [0.05, 0.1) is 6.33 Å². The highest BCUT2D eigenvalue weighted by Gasteiger charge is 2.35. The molecule has 0 saturated carbocycles. The lowest BCUT2D eigenvalue weighted by Gasteiger charge is -2.42. The molecule has 1 fully saturated rings. The van der Waals surface area contributed by atoms with Crippen LogP contribution in [0.4, 0.5) is 4.39 Å². The van der Waals surface area contributed by atoms with Crippen molar-refractivity contribution in [2.75, 3.05) is 20.1 Å². The summed E-state index contributed by atoms with van der Waals surface area (Å²) in [6.45, 7) is 4.91. The molecule has 5 rings (SSSR count). The summed E-state index contributed by atoms with van der Waals surface area (Å²) in [5, 5.41) is 0. The normalized spacial score (nSPS) is 20.7. The zero-order valence-corrected chi connectivity index (χ0v) is 17.8. The molecule has 3 aromatic rings. The van der Waals surface area contributed by atoms with Gasteiger partial charge in [-0.3, -0.25) is 14.6 Å². The second kappa shape index (κ2) is 8.40. The monoisotopic (exact) mass is 421 g/mol. The number of halogens is 1. The van der Waals surface area contributed by atoms with Crippen molar-refractivity contribution in [2.45, 2.75) is 38.5 Å². The van der Waals surface area contributed by atoms with Crippen molar-refractivity contribution in [3.8, 4) is 0 Å². The minimum Gasteiger partial charge on any atom is -0.347 e. The van der Waals surface area contributed by atoms with E-state index >= 15 is 0 Å². The van der Waals surface area contributed by atoms with E-state index in [2.05, 4.69) is 25.8 Å². The minimum absolute atomic E-state index is 0.139. The molecule has 0 aliphatic carbocycles. The molecule has 2 aromatic heterocycles. The smallest absolute Gasteiger partial charge is 0.255 e. The highest BCUT2D eigenvalue weighted by Crippen LogP contribution is 2.35. The Hall–Kier alpha value is -2.77. The van der Waals surface area contributed by atoms with Crippen molar-refractivity contribution in [1.82, 2.24) is 24.3 Å². The van der Waals surface area contributed by atoms with E-state index in [0.29, 0.717) is 24.9 Å². The average molecular weight is 422 g/mol. The Morgan fingerprint density at radius 2 is 1.97 bits per heavy atom. The van der Waals surface area contributed by atoms with Gasteiger partial charge in [-0.1, -0.05) is 18.2 Å². The largest absolute Gasteiger partial charge is 0.347 e. The van der Waals surface area contributed by atoms with Crippen molar-refractivity contribution in [3.05, 3.63) is 87.6 Å². The number of likely N-dealkylation sites (tertiary alicyclic amines) is 1. The SMILES string of the molecule is CN(Cc1ccc(F)cc1)Cc1ccc2n(c1=O)C[C@H]1C[C@@H]2CN(Cc2cnc[nH]2)C1. The zero-order chi connectivity index (χ0) is 21.4. The fourth-order valence-corrected chi connectivity index (χ4v) is 5.20. The van der Waals surface area contributed by atoms with Crippen LogP contribution in [-0.2, 0) is 26.2 Å². The molecule has 1 saturated heterocycles. The Morgan fingerprint density at radius 3 is 2.74 bits per heavy atom. The molecule has 2 atom stereocenters. The van der Waals surface area contributed by atoms with Crippen LogP contribution in [0.2, 0.25) is 0 Å². The maximum atomic E-state index is 13.3. The van der Waals surface area contributed by atoms with Gasteiger partial charge in [0.1, 0.15) is 5.82 Å². The third-order valence-corrected chi connectivity index (χ3v) is 6.51. The van der Waals surface area contributed by atoms with Crippen LogP contribution in [0.25, 0.3) is 0 Å². The first kappa shape index (κ1) is 20.2. The van der Waals surface area contributed by atoms with Crippen molar-refractivity contribution in [3.63, 3.8) is 0 Å². The predicted molar refractivity (Wildman–Crippen MR) is 117 cm³/mol.